The number of rotatable bonds is 5. The van der Waals surface area contributed by atoms with Gasteiger partial charge in [0.2, 0.25) is 10.0 Å². The lowest BCUT2D eigenvalue weighted by molar-refractivity contribution is -0.137. The van der Waals surface area contributed by atoms with Gasteiger partial charge in [0, 0.05) is 8.95 Å². The van der Waals surface area contributed by atoms with Crippen molar-refractivity contribution in [3.8, 4) is 12.3 Å². The van der Waals surface area contributed by atoms with E-state index in [2.05, 4.69) is 37.8 Å². The fourth-order valence-electron chi connectivity index (χ4n) is 1.44. The van der Waals surface area contributed by atoms with Crippen LogP contribution in [0.5, 0.6) is 0 Å². The van der Waals surface area contributed by atoms with Gasteiger partial charge in [0.25, 0.3) is 0 Å². The van der Waals surface area contributed by atoms with E-state index in [1.54, 1.807) is 6.07 Å². The topological polar surface area (TPSA) is 74.7 Å². The molecule has 0 bridgehead atoms. The van der Waals surface area contributed by atoms with E-state index in [1.165, 1.54) is 6.07 Å². The third kappa shape index (κ3) is 3.82. The molecule has 0 fully saturated rings. The van der Waals surface area contributed by atoms with Crippen LogP contribution in [0.25, 0.3) is 0 Å². The molecule has 0 aliphatic carbocycles. The molecule has 0 spiro atoms. The second-order valence-corrected chi connectivity index (χ2v) is 7.52. The van der Waals surface area contributed by atoms with Crippen LogP contribution < -0.4 is 0 Å². The molecule has 1 aromatic carbocycles. The Morgan fingerprint density at radius 1 is 1.40 bits per heavy atom. The van der Waals surface area contributed by atoms with E-state index in [9.17, 15) is 13.2 Å². The molecule has 0 heterocycles. The Morgan fingerprint density at radius 2 is 2.00 bits per heavy atom. The Balaban J connectivity index is 3.37. The number of sulfonamides is 1. The third-order valence-corrected chi connectivity index (χ3v) is 6.01. The molecule has 0 saturated carbocycles. The molecule has 108 valence electrons. The van der Waals surface area contributed by atoms with Crippen LogP contribution in [-0.2, 0) is 14.8 Å². The normalized spacial score (nSPS) is 11.3. The van der Waals surface area contributed by atoms with Crippen molar-refractivity contribution in [1.29, 1.82) is 0 Å². The number of terminal acetylenes is 1. The Hall–Kier alpha value is -0.880. The predicted octanol–water partition coefficient (Wildman–Crippen LogP) is 2.23. The van der Waals surface area contributed by atoms with Crippen molar-refractivity contribution < 1.29 is 18.3 Å². The molecule has 5 nitrogen and oxygen atoms in total. The van der Waals surface area contributed by atoms with E-state index < -0.39 is 22.5 Å². The summed E-state index contributed by atoms with van der Waals surface area (Å²) in [5, 5.41) is 8.79. The number of halogens is 2. The quantitative estimate of drug-likeness (QED) is 0.735. The number of hydrogen-bond acceptors (Lipinski definition) is 3. The van der Waals surface area contributed by atoms with Gasteiger partial charge in [-0.15, -0.1) is 6.42 Å². The molecule has 1 rings (SSSR count). The number of nitrogens with zero attached hydrogens (tertiary/aromatic N) is 1. The van der Waals surface area contributed by atoms with Crippen LogP contribution in [0.2, 0.25) is 0 Å². The van der Waals surface area contributed by atoms with Crippen molar-refractivity contribution in [2.45, 2.75) is 11.8 Å². The summed E-state index contributed by atoms with van der Waals surface area (Å²) in [5.41, 5.74) is 0.845. The molecule has 0 aliphatic heterocycles. The number of hydrogen-bond donors (Lipinski definition) is 1. The van der Waals surface area contributed by atoms with Gasteiger partial charge in [-0.1, -0.05) is 21.9 Å². The van der Waals surface area contributed by atoms with Crippen LogP contribution in [0, 0.1) is 19.3 Å². The van der Waals surface area contributed by atoms with E-state index in [0.29, 0.717) is 8.95 Å². The molecular weight excluding hydrogens is 414 g/mol. The van der Waals surface area contributed by atoms with Crippen LogP contribution in [-0.4, -0.2) is 36.9 Å². The number of aryl methyl sites for hydroxylation is 1. The fraction of sp³-hybridized carbons (Fsp3) is 0.250. The molecule has 1 N–H and O–H groups in total. The summed E-state index contributed by atoms with van der Waals surface area (Å²) >= 11 is 6.43. The maximum absolute atomic E-state index is 12.5. The minimum absolute atomic E-state index is 0.0357. The molecule has 1 aromatic rings. The number of carbonyl (C=O) groups is 1. The van der Waals surface area contributed by atoms with E-state index in [1.807, 2.05) is 6.92 Å². The molecule has 8 heteroatoms. The molecule has 0 amide bonds. The van der Waals surface area contributed by atoms with Crippen molar-refractivity contribution in [3.05, 3.63) is 26.6 Å². The number of benzene rings is 1. The maximum Gasteiger partial charge on any atom is 0.318 e. The predicted molar refractivity (Wildman–Crippen MR) is 81.8 cm³/mol. The highest BCUT2D eigenvalue weighted by Gasteiger charge is 2.28. The second kappa shape index (κ2) is 6.72. The highest BCUT2D eigenvalue weighted by molar-refractivity contribution is 9.11. The standard InChI is InChI=1S/C12H11Br2NO4S/c1-3-4-15(7-12(16)17)20(18,19)11-6-9(13)8(2)5-10(11)14/h1,5-6H,4,7H2,2H3,(H,16,17). The van der Waals surface area contributed by atoms with Crippen molar-refractivity contribution in [2.75, 3.05) is 13.1 Å². The first kappa shape index (κ1) is 17.2. The van der Waals surface area contributed by atoms with E-state index in [4.69, 9.17) is 11.5 Å². The van der Waals surface area contributed by atoms with Gasteiger partial charge in [0.05, 0.1) is 11.4 Å². The molecule has 0 unspecified atom stereocenters. The average Bonchev–Trinajstić information content (AvgIpc) is 2.32. The van der Waals surface area contributed by atoms with Crippen LogP contribution in [0.3, 0.4) is 0 Å². The minimum Gasteiger partial charge on any atom is -0.480 e. The Bertz CT molecular complexity index is 679. The summed E-state index contributed by atoms with van der Waals surface area (Å²) in [6.07, 6.45) is 5.10. The zero-order valence-corrected chi connectivity index (χ0v) is 14.4. The van der Waals surface area contributed by atoms with Gasteiger partial charge in [-0.3, -0.25) is 4.79 Å². The van der Waals surface area contributed by atoms with Gasteiger partial charge < -0.3 is 5.11 Å². The van der Waals surface area contributed by atoms with Gasteiger partial charge in [-0.2, -0.15) is 4.31 Å². The first-order valence-electron chi connectivity index (χ1n) is 5.31. The molecule has 0 aliphatic rings. The first-order valence-corrected chi connectivity index (χ1v) is 8.33. The number of aliphatic carboxylic acids is 1. The lowest BCUT2D eigenvalue weighted by Crippen LogP contribution is -2.36. The molecule has 0 aromatic heterocycles. The fourth-order valence-corrected chi connectivity index (χ4v) is 4.38. The Morgan fingerprint density at radius 3 is 2.50 bits per heavy atom. The van der Waals surface area contributed by atoms with Crippen molar-refractivity contribution in [2.24, 2.45) is 0 Å². The lowest BCUT2D eigenvalue weighted by Gasteiger charge is -2.19. The molecule has 0 radical (unpaired) electrons. The summed E-state index contributed by atoms with van der Waals surface area (Å²) in [7, 11) is -4.00. The van der Waals surface area contributed by atoms with E-state index in [-0.39, 0.29) is 11.4 Å². The molecular formula is C12H11Br2NO4S. The van der Waals surface area contributed by atoms with Gasteiger partial charge in [0.1, 0.15) is 6.54 Å². The first-order chi connectivity index (χ1) is 9.20. The average molecular weight is 425 g/mol. The maximum atomic E-state index is 12.5. The highest BCUT2D eigenvalue weighted by atomic mass is 79.9. The van der Waals surface area contributed by atoms with Crippen LogP contribution in [0.1, 0.15) is 5.56 Å². The third-order valence-electron chi connectivity index (χ3n) is 2.41. The van der Waals surface area contributed by atoms with Crippen molar-refractivity contribution in [3.63, 3.8) is 0 Å². The van der Waals surface area contributed by atoms with Crippen LogP contribution in [0.4, 0.5) is 0 Å². The summed E-state index contributed by atoms with van der Waals surface area (Å²) in [6, 6.07) is 3.05. The van der Waals surface area contributed by atoms with Gasteiger partial charge in [0.15, 0.2) is 0 Å². The summed E-state index contributed by atoms with van der Waals surface area (Å²) in [4.78, 5) is 10.7. The zero-order chi connectivity index (χ0) is 15.5. The van der Waals surface area contributed by atoms with Gasteiger partial charge in [-0.05, 0) is 40.5 Å². The summed E-state index contributed by atoms with van der Waals surface area (Å²) < 4.78 is 26.6. The highest BCUT2D eigenvalue weighted by Crippen LogP contribution is 2.30. The van der Waals surface area contributed by atoms with Crippen molar-refractivity contribution in [1.82, 2.24) is 4.31 Å². The van der Waals surface area contributed by atoms with Gasteiger partial charge in [-0.25, -0.2) is 8.42 Å². The monoisotopic (exact) mass is 423 g/mol. The largest absolute Gasteiger partial charge is 0.480 e. The second-order valence-electron chi connectivity index (χ2n) is 3.90. The smallest absolute Gasteiger partial charge is 0.318 e. The zero-order valence-electron chi connectivity index (χ0n) is 10.4. The van der Waals surface area contributed by atoms with E-state index in [0.717, 1.165) is 9.87 Å². The number of carboxylic acids is 1. The SMILES string of the molecule is C#CCN(CC(=O)O)S(=O)(=O)c1cc(Br)c(C)cc1Br. The Labute approximate surface area is 134 Å². The minimum atomic E-state index is -4.00. The lowest BCUT2D eigenvalue weighted by atomic mass is 10.2. The van der Waals surface area contributed by atoms with E-state index >= 15 is 0 Å². The Kier molecular flexibility index (Phi) is 5.77. The molecule has 0 atom stereocenters. The molecule has 20 heavy (non-hydrogen) atoms. The number of carboxylic acid groups (broad SMARTS) is 1. The van der Waals surface area contributed by atoms with Crippen molar-refractivity contribution >= 4 is 47.9 Å². The van der Waals surface area contributed by atoms with Gasteiger partial charge >= 0.3 is 5.97 Å². The summed E-state index contributed by atoms with van der Waals surface area (Å²) in [5.74, 6) is 0.879. The molecule has 0 saturated heterocycles. The van der Waals surface area contributed by atoms with Crippen LogP contribution in [0.15, 0.2) is 26.0 Å². The van der Waals surface area contributed by atoms with Crippen LogP contribution >= 0.6 is 31.9 Å². The summed E-state index contributed by atoms with van der Waals surface area (Å²) in [6.45, 7) is 0.804.